The van der Waals surface area contributed by atoms with E-state index in [9.17, 15) is 0 Å². The van der Waals surface area contributed by atoms with Crippen molar-refractivity contribution in [1.29, 1.82) is 0 Å². The summed E-state index contributed by atoms with van der Waals surface area (Å²) in [6.07, 6.45) is 6.14. The molecule has 4 heterocycles. The summed E-state index contributed by atoms with van der Waals surface area (Å²) >= 11 is 0. The van der Waals surface area contributed by atoms with Crippen LogP contribution in [0.25, 0.3) is 0 Å². The summed E-state index contributed by atoms with van der Waals surface area (Å²) in [6.45, 7) is 5.68. The Bertz CT molecular complexity index is 699. The molecule has 0 bridgehead atoms. The summed E-state index contributed by atoms with van der Waals surface area (Å²) in [6, 6.07) is 4.27. The molecule has 0 unspecified atom stereocenters. The lowest BCUT2D eigenvalue weighted by Crippen LogP contribution is -2.33. The molecule has 0 aliphatic carbocycles. The van der Waals surface area contributed by atoms with Crippen LogP contribution in [0.1, 0.15) is 24.1 Å². The maximum Gasteiger partial charge on any atom is 0.148 e. The molecule has 0 radical (unpaired) electrons. The first kappa shape index (κ1) is 15.5. The van der Waals surface area contributed by atoms with Crippen LogP contribution in [-0.2, 0) is 18.3 Å². The van der Waals surface area contributed by atoms with Crippen molar-refractivity contribution in [3.05, 3.63) is 35.8 Å². The third-order valence-electron chi connectivity index (χ3n) is 4.92. The monoisotopic (exact) mass is 328 g/mol. The van der Waals surface area contributed by atoms with Crippen LogP contribution < -0.4 is 5.32 Å². The molecule has 128 valence electrons. The highest BCUT2D eigenvalue weighted by molar-refractivity contribution is 5.34. The first-order valence-corrected chi connectivity index (χ1v) is 8.51. The fraction of sp³-hybridized carbons (Fsp3) is 0.588. The first-order valence-electron chi connectivity index (χ1n) is 8.51. The highest BCUT2D eigenvalue weighted by atomic mass is 16.5. The number of aromatic nitrogens is 4. The number of nitrogens with zero attached hydrogens (tertiary/aromatic N) is 5. The second-order valence-electron chi connectivity index (χ2n) is 7.08. The summed E-state index contributed by atoms with van der Waals surface area (Å²) in [5, 5.41) is 16.0. The summed E-state index contributed by atoms with van der Waals surface area (Å²) in [4.78, 5) is 2.46. The van der Waals surface area contributed by atoms with E-state index in [2.05, 4.69) is 31.7 Å². The van der Waals surface area contributed by atoms with Gasteiger partial charge in [0, 0.05) is 44.9 Å². The van der Waals surface area contributed by atoms with E-state index in [0.717, 1.165) is 50.6 Å². The van der Waals surface area contributed by atoms with Gasteiger partial charge in [-0.15, -0.1) is 5.10 Å². The minimum atomic E-state index is -0.0159. The lowest BCUT2D eigenvalue weighted by molar-refractivity contribution is 0.0120. The molecule has 2 fully saturated rings. The zero-order valence-electron chi connectivity index (χ0n) is 14.3. The van der Waals surface area contributed by atoms with Gasteiger partial charge >= 0.3 is 0 Å². The Morgan fingerprint density at radius 2 is 2.29 bits per heavy atom. The predicted octanol–water partition coefficient (Wildman–Crippen LogP) is 1.36. The Hall–Kier alpha value is -1.99. The van der Waals surface area contributed by atoms with E-state index in [1.807, 2.05) is 37.0 Å². The first-order chi connectivity index (χ1) is 11.6. The molecule has 24 heavy (non-hydrogen) atoms. The molecule has 0 amide bonds. The van der Waals surface area contributed by atoms with Gasteiger partial charge in [0.2, 0.25) is 0 Å². The zero-order chi connectivity index (χ0) is 16.6. The molecule has 2 aromatic heterocycles. The Kier molecular flexibility index (Phi) is 3.97. The van der Waals surface area contributed by atoms with Crippen LogP contribution in [0.2, 0.25) is 0 Å². The molecular formula is C17H24N6O. The summed E-state index contributed by atoms with van der Waals surface area (Å²) in [5.41, 5.74) is 2.18. The van der Waals surface area contributed by atoms with Gasteiger partial charge in [-0.25, -0.2) is 0 Å². The van der Waals surface area contributed by atoms with E-state index in [1.165, 1.54) is 5.56 Å². The van der Waals surface area contributed by atoms with E-state index in [-0.39, 0.29) is 5.60 Å². The van der Waals surface area contributed by atoms with Crippen molar-refractivity contribution in [3.63, 3.8) is 0 Å². The van der Waals surface area contributed by atoms with Crippen LogP contribution in [0.4, 0.5) is 5.82 Å². The summed E-state index contributed by atoms with van der Waals surface area (Å²) in [5.74, 6) is 0.830. The maximum absolute atomic E-state index is 6.21. The zero-order valence-corrected chi connectivity index (χ0v) is 14.3. The van der Waals surface area contributed by atoms with Gasteiger partial charge < -0.3 is 10.1 Å². The Balaban J connectivity index is 1.33. The predicted molar refractivity (Wildman–Crippen MR) is 90.6 cm³/mol. The number of likely N-dealkylation sites (tertiary alicyclic amines) is 1. The molecule has 1 N–H and O–H groups in total. The van der Waals surface area contributed by atoms with Crippen LogP contribution in [-0.4, -0.2) is 56.2 Å². The number of aryl methyl sites for hydroxylation is 2. The Morgan fingerprint density at radius 1 is 1.38 bits per heavy atom. The van der Waals surface area contributed by atoms with Crippen molar-refractivity contribution in [2.24, 2.45) is 7.05 Å². The van der Waals surface area contributed by atoms with E-state index in [0.29, 0.717) is 6.04 Å². The standard InChI is InChI=1S/C17H24N6O/c1-13-3-4-16(21-20-13)19-15-7-17(24-11-15)5-6-23(12-17)10-14-8-18-22(2)9-14/h3-4,8-9,15H,5-7,10-12H2,1-2H3,(H,19,21)/t15-,17+/m0/s1. The third-order valence-corrected chi connectivity index (χ3v) is 4.92. The highest BCUT2D eigenvalue weighted by Crippen LogP contribution is 2.36. The molecule has 2 aromatic rings. The van der Waals surface area contributed by atoms with Gasteiger partial charge in [0.1, 0.15) is 5.82 Å². The molecule has 0 saturated carbocycles. The topological polar surface area (TPSA) is 68.1 Å². The highest BCUT2D eigenvalue weighted by Gasteiger charge is 2.45. The van der Waals surface area contributed by atoms with Gasteiger partial charge in [0.05, 0.1) is 30.1 Å². The lowest BCUT2D eigenvalue weighted by atomic mass is 9.97. The van der Waals surface area contributed by atoms with Crippen LogP contribution in [0, 0.1) is 6.92 Å². The van der Waals surface area contributed by atoms with Gasteiger partial charge in [-0.3, -0.25) is 9.58 Å². The Morgan fingerprint density at radius 3 is 3.04 bits per heavy atom. The lowest BCUT2D eigenvalue weighted by Gasteiger charge is -2.23. The molecule has 1 spiro atoms. The molecule has 0 aromatic carbocycles. The summed E-state index contributed by atoms with van der Waals surface area (Å²) in [7, 11) is 1.96. The van der Waals surface area contributed by atoms with Crippen molar-refractivity contribution in [2.75, 3.05) is 25.0 Å². The number of ether oxygens (including phenoxy) is 1. The second-order valence-corrected chi connectivity index (χ2v) is 7.08. The average Bonchev–Trinajstić information content (AvgIpc) is 3.25. The van der Waals surface area contributed by atoms with Crippen molar-refractivity contribution in [1.82, 2.24) is 24.9 Å². The van der Waals surface area contributed by atoms with Crippen molar-refractivity contribution >= 4 is 5.82 Å². The van der Waals surface area contributed by atoms with Gasteiger partial charge in [0.25, 0.3) is 0 Å². The second kappa shape index (κ2) is 6.14. The SMILES string of the molecule is Cc1ccc(N[C@@H]2CO[C@]3(CCN(Cc4cnn(C)c4)C3)C2)nn1. The molecule has 7 heteroatoms. The van der Waals surface area contributed by atoms with Crippen molar-refractivity contribution < 1.29 is 4.74 Å². The largest absolute Gasteiger partial charge is 0.371 e. The van der Waals surface area contributed by atoms with Crippen LogP contribution >= 0.6 is 0 Å². The van der Waals surface area contributed by atoms with Gasteiger partial charge in [-0.2, -0.15) is 10.2 Å². The van der Waals surface area contributed by atoms with Crippen LogP contribution in [0.5, 0.6) is 0 Å². The van der Waals surface area contributed by atoms with Crippen LogP contribution in [0.3, 0.4) is 0 Å². The minimum Gasteiger partial charge on any atom is -0.371 e. The molecule has 7 nitrogen and oxygen atoms in total. The number of rotatable bonds is 4. The quantitative estimate of drug-likeness (QED) is 0.914. The molecular weight excluding hydrogens is 304 g/mol. The molecule has 2 aliphatic rings. The minimum absolute atomic E-state index is 0.0159. The van der Waals surface area contributed by atoms with Crippen molar-refractivity contribution in [2.45, 2.75) is 38.0 Å². The third kappa shape index (κ3) is 3.27. The summed E-state index contributed by atoms with van der Waals surface area (Å²) < 4.78 is 8.07. The number of hydrogen-bond acceptors (Lipinski definition) is 6. The van der Waals surface area contributed by atoms with E-state index < -0.39 is 0 Å². The number of anilines is 1. The Labute approximate surface area is 142 Å². The molecule has 2 atom stereocenters. The van der Waals surface area contributed by atoms with Crippen molar-refractivity contribution in [3.8, 4) is 0 Å². The maximum atomic E-state index is 6.21. The fourth-order valence-electron chi connectivity index (χ4n) is 3.78. The molecule has 4 rings (SSSR count). The fourth-order valence-corrected chi connectivity index (χ4v) is 3.78. The number of hydrogen-bond donors (Lipinski definition) is 1. The smallest absolute Gasteiger partial charge is 0.148 e. The van der Waals surface area contributed by atoms with E-state index in [4.69, 9.17) is 4.74 Å². The van der Waals surface area contributed by atoms with Gasteiger partial charge in [-0.1, -0.05) is 0 Å². The van der Waals surface area contributed by atoms with Gasteiger partial charge in [-0.05, 0) is 25.5 Å². The van der Waals surface area contributed by atoms with E-state index in [1.54, 1.807) is 0 Å². The van der Waals surface area contributed by atoms with Crippen LogP contribution in [0.15, 0.2) is 24.5 Å². The molecule has 2 saturated heterocycles. The normalized spacial score (nSPS) is 27.2. The average molecular weight is 328 g/mol. The van der Waals surface area contributed by atoms with E-state index >= 15 is 0 Å². The number of nitrogens with one attached hydrogen (secondary N) is 1. The molecule has 2 aliphatic heterocycles. The van der Waals surface area contributed by atoms with Gasteiger partial charge in [0.15, 0.2) is 0 Å².